The topological polar surface area (TPSA) is 109 Å². The molecule has 0 unspecified atom stereocenters. The zero-order valence-corrected chi connectivity index (χ0v) is 18.2. The minimum atomic E-state index is -0.528. The number of nitrogens with zero attached hydrogens (tertiary/aromatic N) is 3. The molecule has 1 amide bonds. The van der Waals surface area contributed by atoms with E-state index in [4.69, 9.17) is 15.1 Å². The Hall–Kier alpha value is -3.13. The number of hydrogen-bond donors (Lipinski definition) is 3. The smallest absolute Gasteiger partial charge is 0.234 e. The molecule has 4 N–H and O–H groups in total. The van der Waals surface area contributed by atoms with Crippen molar-refractivity contribution in [2.75, 3.05) is 35.2 Å². The van der Waals surface area contributed by atoms with E-state index in [2.05, 4.69) is 27.4 Å². The monoisotopic (exact) mass is 420 g/mol. The van der Waals surface area contributed by atoms with Gasteiger partial charge in [0.15, 0.2) is 11.4 Å². The summed E-state index contributed by atoms with van der Waals surface area (Å²) in [5.74, 6) is 1.30. The van der Waals surface area contributed by atoms with E-state index in [0.29, 0.717) is 18.1 Å². The van der Waals surface area contributed by atoms with Crippen molar-refractivity contribution in [1.29, 1.82) is 0 Å². The van der Waals surface area contributed by atoms with Crippen molar-refractivity contribution in [3.05, 3.63) is 36.1 Å². The van der Waals surface area contributed by atoms with Crippen molar-refractivity contribution in [3.63, 3.8) is 0 Å². The number of rotatable bonds is 4. The van der Waals surface area contributed by atoms with Crippen LogP contribution in [0.4, 0.5) is 23.1 Å². The van der Waals surface area contributed by atoms with Crippen molar-refractivity contribution in [2.24, 2.45) is 11.1 Å². The molecule has 31 heavy (non-hydrogen) atoms. The maximum Gasteiger partial charge on any atom is 0.234 e. The molecule has 0 bridgehead atoms. The number of carbonyl (C=O) groups is 1. The SMILES string of the molecule is CC1(CN)CCN(c2nc(Nc3ccc4c(c3)NC(=O)C4(C)C)nc3ccoc23)CC1. The number of nitrogens with one attached hydrogen (secondary N) is 2. The van der Waals surface area contributed by atoms with Crippen molar-refractivity contribution in [3.8, 4) is 0 Å². The van der Waals surface area contributed by atoms with Crippen LogP contribution in [-0.2, 0) is 10.2 Å². The van der Waals surface area contributed by atoms with Crippen LogP contribution in [0.2, 0.25) is 0 Å². The quantitative estimate of drug-likeness (QED) is 0.589. The molecule has 0 radical (unpaired) electrons. The van der Waals surface area contributed by atoms with Gasteiger partial charge in [0.2, 0.25) is 11.9 Å². The Morgan fingerprint density at radius 2 is 1.97 bits per heavy atom. The third-order valence-electron chi connectivity index (χ3n) is 6.81. The zero-order valence-electron chi connectivity index (χ0n) is 18.2. The fraction of sp³-hybridized carbons (Fsp3) is 0.435. The van der Waals surface area contributed by atoms with Gasteiger partial charge in [-0.1, -0.05) is 13.0 Å². The van der Waals surface area contributed by atoms with E-state index in [1.54, 1.807) is 6.26 Å². The summed E-state index contributed by atoms with van der Waals surface area (Å²) in [4.78, 5) is 23.9. The highest BCUT2D eigenvalue weighted by Crippen LogP contribution is 2.39. The van der Waals surface area contributed by atoms with E-state index in [1.807, 2.05) is 38.1 Å². The van der Waals surface area contributed by atoms with Crippen LogP contribution >= 0.6 is 0 Å². The van der Waals surface area contributed by atoms with Crippen LogP contribution in [0.15, 0.2) is 34.9 Å². The van der Waals surface area contributed by atoms with Crippen LogP contribution in [0.3, 0.4) is 0 Å². The first-order valence-electron chi connectivity index (χ1n) is 10.7. The van der Waals surface area contributed by atoms with E-state index in [1.165, 1.54) is 0 Å². The van der Waals surface area contributed by atoms with Crippen LogP contribution in [0.25, 0.3) is 11.1 Å². The van der Waals surface area contributed by atoms with E-state index in [-0.39, 0.29) is 11.3 Å². The van der Waals surface area contributed by atoms with Gasteiger partial charge in [0.25, 0.3) is 0 Å². The lowest BCUT2D eigenvalue weighted by Crippen LogP contribution is -2.42. The third kappa shape index (κ3) is 3.31. The highest BCUT2D eigenvalue weighted by molar-refractivity contribution is 6.06. The van der Waals surface area contributed by atoms with Crippen LogP contribution < -0.4 is 21.3 Å². The predicted molar refractivity (Wildman–Crippen MR) is 122 cm³/mol. The molecule has 1 fully saturated rings. The Labute approximate surface area is 181 Å². The number of benzene rings is 1. The highest BCUT2D eigenvalue weighted by atomic mass is 16.3. The molecule has 0 spiro atoms. The van der Waals surface area contributed by atoms with Gasteiger partial charge < -0.3 is 25.7 Å². The highest BCUT2D eigenvalue weighted by Gasteiger charge is 2.38. The minimum Gasteiger partial charge on any atom is -0.459 e. The molecule has 2 aliphatic rings. The molecule has 2 aliphatic heterocycles. The molecule has 8 heteroatoms. The Kier molecular flexibility index (Phi) is 4.44. The summed E-state index contributed by atoms with van der Waals surface area (Å²) in [6.45, 7) is 8.54. The fourth-order valence-corrected chi connectivity index (χ4v) is 4.38. The molecule has 2 aromatic heterocycles. The average Bonchev–Trinajstić information content (AvgIpc) is 3.30. The van der Waals surface area contributed by atoms with Gasteiger partial charge in [0, 0.05) is 30.5 Å². The van der Waals surface area contributed by atoms with Crippen molar-refractivity contribution >= 4 is 40.1 Å². The average molecular weight is 421 g/mol. The lowest BCUT2D eigenvalue weighted by molar-refractivity contribution is -0.119. The molecule has 5 rings (SSSR count). The molecule has 0 saturated carbocycles. The summed E-state index contributed by atoms with van der Waals surface area (Å²) in [6.07, 6.45) is 3.67. The standard InChI is InChI=1S/C23H28N6O2/c1-22(2)15-5-4-14(12-17(15)26-20(22)30)25-21-27-16-6-11-31-18(16)19(28-21)29-9-7-23(3,13-24)8-10-29/h4-6,11-12H,7-10,13,24H2,1-3H3,(H,26,30)(H,25,27,28). The van der Waals surface area contributed by atoms with Crippen molar-refractivity contribution in [2.45, 2.75) is 39.0 Å². The second kappa shape index (κ2) is 6.95. The number of aromatic nitrogens is 2. The van der Waals surface area contributed by atoms with Gasteiger partial charge in [-0.2, -0.15) is 4.98 Å². The largest absolute Gasteiger partial charge is 0.459 e. The van der Waals surface area contributed by atoms with Gasteiger partial charge in [-0.05, 0) is 56.3 Å². The molecular weight excluding hydrogens is 392 g/mol. The fourth-order valence-electron chi connectivity index (χ4n) is 4.38. The summed E-state index contributed by atoms with van der Waals surface area (Å²) in [7, 11) is 0. The molecular formula is C23H28N6O2. The molecule has 3 aromatic rings. The normalized spacial score (nSPS) is 19.4. The molecule has 4 heterocycles. The van der Waals surface area contributed by atoms with Crippen LogP contribution in [-0.4, -0.2) is 35.5 Å². The van der Waals surface area contributed by atoms with Gasteiger partial charge >= 0.3 is 0 Å². The van der Waals surface area contributed by atoms with Crippen LogP contribution in [0, 0.1) is 5.41 Å². The van der Waals surface area contributed by atoms with Gasteiger partial charge in [-0.15, -0.1) is 0 Å². The summed E-state index contributed by atoms with van der Waals surface area (Å²) in [5, 5.41) is 6.27. The summed E-state index contributed by atoms with van der Waals surface area (Å²) in [6, 6.07) is 7.71. The van der Waals surface area contributed by atoms with E-state index in [0.717, 1.165) is 54.2 Å². The molecule has 0 atom stereocenters. The van der Waals surface area contributed by atoms with Gasteiger partial charge in [-0.3, -0.25) is 4.79 Å². The first-order chi connectivity index (χ1) is 14.8. The number of piperidine rings is 1. The van der Waals surface area contributed by atoms with E-state index in [9.17, 15) is 4.79 Å². The third-order valence-corrected chi connectivity index (χ3v) is 6.81. The predicted octanol–water partition coefficient (Wildman–Crippen LogP) is 3.76. The lowest BCUT2D eigenvalue weighted by Gasteiger charge is -2.39. The first kappa shape index (κ1) is 19.8. The summed E-state index contributed by atoms with van der Waals surface area (Å²) >= 11 is 0. The van der Waals surface area contributed by atoms with Crippen LogP contribution in [0.1, 0.15) is 39.2 Å². The molecule has 8 nitrogen and oxygen atoms in total. The zero-order chi connectivity index (χ0) is 21.8. The van der Waals surface area contributed by atoms with Gasteiger partial charge in [0.05, 0.1) is 11.7 Å². The number of hydrogen-bond acceptors (Lipinski definition) is 7. The Morgan fingerprint density at radius 3 is 2.71 bits per heavy atom. The number of amides is 1. The van der Waals surface area contributed by atoms with Gasteiger partial charge in [-0.25, -0.2) is 4.98 Å². The second-order valence-electron chi connectivity index (χ2n) is 9.47. The minimum absolute atomic E-state index is 0.00702. The number of carbonyl (C=O) groups excluding carboxylic acids is 1. The number of anilines is 4. The molecule has 1 aromatic carbocycles. The number of nitrogens with two attached hydrogens (primary N) is 1. The maximum absolute atomic E-state index is 12.2. The summed E-state index contributed by atoms with van der Waals surface area (Å²) in [5.41, 5.74) is 9.71. The molecule has 1 saturated heterocycles. The van der Waals surface area contributed by atoms with E-state index < -0.39 is 5.41 Å². The van der Waals surface area contributed by atoms with Crippen LogP contribution in [0.5, 0.6) is 0 Å². The Morgan fingerprint density at radius 1 is 1.19 bits per heavy atom. The number of furan rings is 1. The lowest BCUT2D eigenvalue weighted by atomic mass is 9.80. The molecule has 0 aliphatic carbocycles. The molecule has 162 valence electrons. The van der Waals surface area contributed by atoms with E-state index >= 15 is 0 Å². The van der Waals surface area contributed by atoms with Crippen molar-refractivity contribution < 1.29 is 9.21 Å². The Bertz CT molecular complexity index is 1160. The van der Waals surface area contributed by atoms with Crippen molar-refractivity contribution in [1.82, 2.24) is 9.97 Å². The van der Waals surface area contributed by atoms with Gasteiger partial charge in [0.1, 0.15) is 5.52 Å². The second-order valence-corrected chi connectivity index (χ2v) is 9.47. The maximum atomic E-state index is 12.2. The number of fused-ring (bicyclic) bond motifs is 2. The Balaban J connectivity index is 1.45. The first-order valence-corrected chi connectivity index (χ1v) is 10.7. The summed E-state index contributed by atoms with van der Waals surface area (Å²) < 4.78 is 5.71.